The number of methoxy groups -OCH3 is 1. The van der Waals surface area contributed by atoms with Crippen molar-refractivity contribution < 1.29 is 23.5 Å². The average molecular weight is 449 g/mol. The van der Waals surface area contributed by atoms with Gasteiger partial charge in [-0.2, -0.15) is 0 Å². The second-order valence-corrected chi connectivity index (χ2v) is 9.75. The van der Waals surface area contributed by atoms with Crippen molar-refractivity contribution in [2.45, 2.75) is 65.0 Å². The van der Waals surface area contributed by atoms with Crippen molar-refractivity contribution in [1.82, 2.24) is 4.90 Å². The normalized spacial score (nSPS) is 22.7. The van der Waals surface area contributed by atoms with E-state index < -0.39 is 29.0 Å². The molecule has 0 saturated carbocycles. The first kappa shape index (κ1) is 23.3. The number of benzene rings is 1. The molecule has 1 saturated heterocycles. The number of imide groups is 1. The number of thioether (sulfide) groups is 1. The second-order valence-electron chi connectivity index (χ2n) is 8.75. The van der Waals surface area contributed by atoms with Crippen LogP contribution in [0.15, 0.2) is 17.0 Å². The number of amides is 2. The summed E-state index contributed by atoms with van der Waals surface area (Å²) < 4.78 is 19.8. The molecule has 2 aliphatic heterocycles. The predicted molar refractivity (Wildman–Crippen MR) is 120 cm³/mol. The van der Waals surface area contributed by atoms with E-state index >= 15 is 4.39 Å². The lowest BCUT2D eigenvalue weighted by Crippen LogP contribution is -2.48. The van der Waals surface area contributed by atoms with Gasteiger partial charge in [-0.05, 0) is 75.1 Å². The molecule has 8 heteroatoms. The van der Waals surface area contributed by atoms with Gasteiger partial charge in [-0.3, -0.25) is 14.5 Å². The van der Waals surface area contributed by atoms with Crippen LogP contribution in [0.5, 0.6) is 0 Å². The van der Waals surface area contributed by atoms with Crippen LogP contribution in [-0.2, 0) is 14.3 Å². The van der Waals surface area contributed by atoms with Crippen molar-refractivity contribution in [3.8, 4) is 0 Å². The lowest BCUT2D eigenvalue weighted by Gasteiger charge is -2.47. The molecule has 1 fully saturated rings. The third kappa shape index (κ3) is 4.22. The molecular weight excluding hydrogens is 419 g/mol. The first-order valence-electron chi connectivity index (χ1n) is 10.5. The van der Waals surface area contributed by atoms with Gasteiger partial charge < -0.3 is 9.64 Å². The Morgan fingerprint density at radius 3 is 2.68 bits per heavy atom. The molecule has 2 heterocycles. The number of hydrogen-bond acceptors (Lipinski definition) is 6. The maximum absolute atomic E-state index is 15.1. The fraction of sp³-hybridized carbons (Fsp3) is 0.522. The molecule has 1 aromatic carbocycles. The number of halogens is 1. The summed E-state index contributed by atoms with van der Waals surface area (Å²) in [6, 6.07) is 2.28. The molecule has 2 unspecified atom stereocenters. The molecule has 0 bridgehead atoms. The lowest BCUT2D eigenvalue weighted by atomic mass is 9.79. The number of carbonyl (C=O) groups is 3. The van der Waals surface area contributed by atoms with Crippen molar-refractivity contribution in [2.24, 2.45) is 0 Å². The van der Waals surface area contributed by atoms with Crippen LogP contribution < -0.4 is 4.90 Å². The fourth-order valence-corrected chi connectivity index (χ4v) is 5.41. The van der Waals surface area contributed by atoms with Gasteiger partial charge in [-0.25, -0.2) is 9.18 Å². The number of rotatable bonds is 5. The van der Waals surface area contributed by atoms with Crippen LogP contribution in [0, 0.1) is 5.82 Å². The second kappa shape index (κ2) is 8.65. The Hall–Kier alpha value is -2.35. The van der Waals surface area contributed by atoms with Crippen LogP contribution in [-0.4, -0.2) is 47.3 Å². The van der Waals surface area contributed by atoms with Gasteiger partial charge in [0.2, 0.25) is 0 Å². The Morgan fingerprint density at radius 2 is 2.06 bits per heavy atom. The van der Waals surface area contributed by atoms with E-state index in [4.69, 9.17) is 0 Å². The third-order valence-electron chi connectivity index (χ3n) is 5.99. The molecule has 2 atom stereocenters. The summed E-state index contributed by atoms with van der Waals surface area (Å²) in [4.78, 5) is 40.0. The molecule has 1 aromatic rings. The highest BCUT2D eigenvalue weighted by molar-refractivity contribution is 8.18. The largest absolute Gasteiger partial charge is 0.467 e. The smallest absolute Gasteiger partial charge is 0.328 e. The van der Waals surface area contributed by atoms with Gasteiger partial charge in [0.25, 0.3) is 11.1 Å². The Balaban J connectivity index is 2.00. The minimum absolute atomic E-state index is 0.0803. The van der Waals surface area contributed by atoms with Gasteiger partial charge in [-0.15, -0.1) is 0 Å². The van der Waals surface area contributed by atoms with E-state index in [1.165, 1.54) is 26.2 Å². The molecule has 31 heavy (non-hydrogen) atoms. The maximum atomic E-state index is 15.1. The van der Waals surface area contributed by atoms with Crippen molar-refractivity contribution in [3.63, 3.8) is 0 Å². The molecule has 0 spiro atoms. The molecule has 0 aliphatic carbocycles. The average Bonchev–Trinajstić information content (AvgIpc) is 2.97. The summed E-state index contributed by atoms with van der Waals surface area (Å²) in [6.45, 7) is 10.8. The van der Waals surface area contributed by atoms with E-state index in [9.17, 15) is 14.4 Å². The van der Waals surface area contributed by atoms with Crippen LogP contribution in [0.3, 0.4) is 0 Å². The Kier molecular flexibility index (Phi) is 6.51. The summed E-state index contributed by atoms with van der Waals surface area (Å²) in [5.74, 6) is -1.53. The number of anilines is 1. The number of nitrogens with zero attached hydrogens (tertiary/aromatic N) is 2. The van der Waals surface area contributed by atoms with E-state index in [-0.39, 0.29) is 21.9 Å². The van der Waals surface area contributed by atoms with E-state index in [2.05, 4.69) is 37.3 Å². The predicted octanol–water partition coefficient (Wildman–Crippen LogP) is 4.93. The number of ether oxygens (including phenoxy) is 1. The molecule has 168 valence electrons. The van der Waals surface area contributed by atoms with Gasteiger partial charge >= 0.3 is 5.97 Å². The van der Waals surface area contributed by atoms with Crippen LogP contribution in [0.25, 0.3) is 6.08 Å². The molecule has 0 radical (unpaired) electrons. The third-order valence-corrected chi connectivity index (χ3v) is 6.87. The van der Waals surface area contributed by atoms with E-state index in [0.29, 0.717) is 11.8 Å². The zero-order chi connectivity index (χ0) is 23.1. The zero-order valence-corrected chi connectivity index (χ0v) is 19.6. The molecule has 6 nitrogen and oxygen atoms in total. The van der Waals surface area contributed by atoms with Gasteiger partial charge in [0, 0.05) is 23.3 Å². The van der Waals surface area contributed by atoms with Crippen LogP contribution in [0.2, 0.25) is 0 Å². The molecule has 0 N–H and O–H groups in total. The summed E-state index contributed by atoms with van der Waals surface area (Å²) in [5, 5.41) is -0.572. The van der Waals surface area contributed by atoms with Crippen molar-refractivity contribution in [2.75, 3.05) is 18.6 Å². The summed E-state index contributed by atoms with van der Waals surface area (Å²) in [5.41, 5.74) is 2.09. The summed E-state index contributed by atoms with van der Waals surface area (Å²) >= 11 is 0.702. The van der Waals surface area contributed by atoms with Crippen molar-refractivity contribution in [1.29, 1.82) is 0 Å². The van der Waals surface area contributed by atoms with Gasteiger partial charge in [0.15, 0.2) is 0 Å². The molecule has 3 rings (SSSR count). The Bertz CT molecular complexity index is 959. The number of fused-ring (bicyclic) bond motifs is 1. The number of hydrogen-bond donors (Lipinski definition) is 0. The zero-order valence-electron chi connectivity index (χ0n) is 18.8. The monoisotopic (exact) mass is 448 g/mol. The number of carbonyl (C=O) groups excluding carboxylic acids is 3. The quantitative estimate of drug-likeness (QED) is 0.470. The van der Waals surface area contributed by atoms with Crippen LogP contribution >= 0.6 is 11.8 Å². The molecule has 0 aromatic heterocycles. The first-order valence-corrected chi connectivity index (χ1v) is 11.3. The van der Waals surface area contributed by atoms with Gasteiger partial charge in [0.05, 0.1) is 12.0 Å². The highest BCUT2D eigenvalue weighted by Gasteiger charge is 2.42. The first-order chi connectivity index (χ1) is 14.5. The summed E-state index contributed by atoms with van der Waals surface area (Å²) in [6.07, 6.45) is 3.28. The Labute approximate surface area is 186 Å². The summed E-state index contributed by atoms with van der Waals surface area (Å²) in [7, 11) is 1.19. The minimum atomic E-state index is -1.04. The van der Waals surface area contributed by atoms with Crippen molar-refractivity contribution >= 4 is 40.6 Å². The highest BCUT2D eigenvalue weighted by atomic mass is 32.2. The van der Waals surface area contributed by atoms with Crippen LogP contribution in [0.4, 0.5) is 14.9 Å². The SMILES string of the molecule is CCCN1c2cc(F)c(/C=C3\SC(=O)N(C(C)C(=O)OC)C3=O)cc2C(C)CC1(C)C. The maximum Gasteiger partial charge on any atom is 0.328 e. The topological polar surface area (TPSA) is 66.9 Å². The van der Waals surface area contributed by atoms with E-state index in [0.717, 1.165) is 35.5 Å². The van der Waals surface area contributed by atoms with E-state index in [1.54, 1.807) is 6.07 Å². The molecule has 2 aliphatic rings. The van der Waals surface area contributed by atoms with Gasteiger partial charge in [0.1, 0.15) is 11.9 Å². The van der Waals surface area contributed by atoms with E-state index in [1.807, 2.05) is 0 Å². The Morgan fingerprint density at radius 1 is 1.39 bits per heavy atom. The van der Waals surface area contributed by atoms with Crippen molar-refractivity contribution in [3.05, 3.63) is 34.0 Å². The molecule has 2 amide bonds. The fourth-order valence-electron chi connectivity index (χ4n) is 4.51. The number of esters is 1. The highest BCUT2D eigenvalue weighted by Crippen LogP contribution is 2.45. The van der Waals surface area contributed by atoms with Gasteiger partial charge in [-0.1, -0.05) is 13.8 Å². The molecular formula is C23H29FN2O4S. The van der Waals surface area contributed by atoms with Crippen LogP contribution in [0.1, 0.15) is 64.5 Å². The minimum Gasteiger partial charge on any atom is -0.467 e. The lowest BCUT2D eigenvalue weighted by molar-refractivity contribution is -0.148. The standard InChI is InChI=1S/C23H29FN2O4S/c1-7-8-25-18-11-17(24)15(9-16(18)13(2)12-23(25,4)5)10-19-20(27)26(22(29)31-19)14(3)21(28)30-6/h9-11,13-14H,7-8,12H2,1-6H3/b19-10-.